The first-order chi connectivity index (χ1) is 7.43. The van der Waals surface area contributed by atoms with Gasteiger partial charge >= 0.3 is 17.8 Å². The number of hydrogen-bond acceptors (Lipinski definition) is 5. The average Bonchev–Trinajstić information content (AvgIpc) is 2.24. The first kappa shape index (κ1) is 14.4. The Morgan fingerprint density at radius 2 is 1.81 bits per heavy atom. The number of carbonyl (C=O) groups is 3. The van der Waals surface area contributed by atoms with Crippen molar-refractivity contribution in [2.24, 2.45) is 5.92 Å². The number of methoxy groups -OCH3 is 1. The van der Waals surface area contributed by atoms with Crippen LogP contribution in [0.4, 0.5) is 0 Å². The van der Waals surface area contributed by atoms with Crippen molar-refractivity contribution in [1.29, 1.82) is 0 Å². The Labute approximate surface area is 94.3 Å². The number of nitrogens with one attached hydrogen (secondary N) is 1. The minimum Gasteiger partial charge on any atom is -0.467 e. The Bertz CT molecular complexity index is 274. The van der Waals surface area contributed by atoms with Gasteiger partial charge in [0.2, 0.25) is 0 Å². The molecule has 0 saturated heterocycles. The lowest BCUT2D eigenvalue weighted by Crippen LogP contribution is -2.47. The van der Waals surface area contributed by atoms with E-state index in [4.69, 9.17) is 0 Å². The minimum absolute atomic E-state index is 0.108. The number of esters is 2. The van der Waals surface area contributed by atoms with Crippen molar-refractivity contribution >= 4 is 17.8 Å². The van der Waals surface area contributed by atoms with Gasteiger partial charge in [0.1, 0.15) is 6.04 Å². The summed E-state index contributed by atoms with van der Waals surface area (Å²) in [6.07, 6.45) is 0. The summed E-state index contributed by atoms with van der Waals surface area (Å²) in [5.41, 5.74) is 0. The van der Waals surface area contributed by atoms with Gasteiger partial charge in [-0.1, -0.05) is 13.8 Å². The second kappa shape index (κ2) is 6.81. The van der Waals surface area contributed by atoms with Crippen LogP contribution in [0.15, 0.2) is 0 Å². The van der Waals surface area contributed by atoms with Crippen LogP contribution in [0.3, 0.4) is 0 Å². The summed E-state index contributed by atoms with van der Waals surface area (Å²) >= 11 is 0. The smallest absolute Gasteiger partial charge is 0.396 e. The molecule has 0 aromatic rings. The molecule has 92 valence electrons. The second-order valence-corrected chi connectivity index (χ2v) is 3.44. The normalized spacial score (nSPS) is 11.8. The maximum absolute atomic E-state index is 11.3. The van der Waals surface area contributed by atoms with E-state index in [1.807, 2.05) is 0 Å². The Hall–Kier alpha value is -1.59. The van der Waals surface area contributed by atoms with Crippen molar-refractivity contribution in [2.75, 3.05) is 13.7 Å². The fourth-order valence-electron chi connectivity index (χ4n) is 1.02. The summed E-state index contributed by atoms with van der Waals surface area (Å²) < 4.78 is 9.00. The Morgan fingerprint density at radius 1 is 1.25 bits per heavy atom. The van der Waals surface area contributed by atoms with Gasteiger partial charge in [-0.05, 0) is 12.8 Å². The van der Waals surface area contributed by atoms with E-state index >= 15 is 0 Å². The maximum atomic E-state index is 11.3. The quantitative estimate of drug-likeness (QED) is 0.538. The zero-order valence-electron chi connectivity index (χ0n) is 9.90. The van der Waals surface area contributed by atoms with Gasteiger partial charge in [-0.2, -0.15) is 0 Å². The highest BCUT2D eigenvalue weighted by Crippen LogP contribution is 2.03. The SMILES string of the molecule is CCOC(=O)C(=O)N[C@@H](C(=O)OC)C(C)C. The lowest BCUT2D eigenvalue weighted by Gasteiger charge is -2.18. The monoisotopic (exact) mass is 231 g/mol. The summed E-state index contributed by atoms with van der Waals surface area (Å²) in [7, 11) is 1.22. The van der Waals surface area contributed by atoms with Crippen molar-refractivity contribution in [2.45, 2.75) is 26.8 Å². The van der Waals surface area contributed by atoms with Crippen LogP contribution in [0.2, 0.25) is 0 Å². The lowest BCUT2D eigenvalue weighted by atomic mass is 10.0. The number of rotatable bonds is 4. The van der Waals surface area contributed by atoms with Gasteiger partial charge in [0.25, 0.3) is 0 Å². The molecule has 0 unspecified atom stereocenters. The fraction of sp³-hybridized carbons (Fsp3) is 0.700. The molecule has 0 rings (SSSR count). The van der Waals surface area contributed by atoms with Crippen molar-refractivity contribution in [3.8, 4) is 0 Å². The minimum atomic E-state index is -1.00. The van der Waals surface area contributed by atoms with Gasteiger partial charge in [0.15, 0.2) is 0 Å². The maximum Gasteiger partial charge on any atom is 0.396 e. The van der Waals surface area contributed by atoms with Crippen LogP contribution < -0.4 is 5.32 Å². The van der Waals surface area contributed by atoms with Crippen LogP contribution in [0.1, 0.15) is 20.8 Å². The molecule has 16 heavy (non-hydrogen) atoms. The van der Waals surface area contributed by atoms with Crippen LogP contribution in [-0.4, -0.2) is 37.6 Å². The fourth-order valence-corrected chi connectivity index (χ4v) is 1.02. The predicted octanol–water partition coefficient (Wildman–Crippen LogP) is -0.137. The number of ether oxygens (including phenoxy) is 2. The van der Waals surface area contributed by atoms with Crippen molar-refractivity contribution in [3.63, 3.8) is 0 Å². The predicted molar refractivity (Wildman–Crippen MR) is 55.4 cm³/mol. The van der Waals surface area contributed by atoms with Crippen LogP contribution in [-0.2, 0) is 23.9 Å². The molecule has 0 bridgehead atoms. The molecular formula is C10H17NO5. The number of amides is 1. The highest BCUT2D eigenvalue weighted by atomic mass is 16.5. The molecule has 1 amide bonds. The third-order valence-corrected chi connectivity index (χ3v) is 1.87. The van der Waals surface area contributed by atoms with E-state index in [9.17, 15) is 14.4 Å². The first-order valence-corrected chi connectivity index (χ1v) is 4.99. The molecule has 0 saturated carbocycles. The Balaban J connectivity index is 4.46. The largest absolute Gasteiger partial charge is 0.467 e. The number of hydrogen-bond donors (Lipinski definition) is 1. The standard InChI is InChI=1S/C10H17NO5/c1-5-16-10(14)8(12)11-7(6(2)3)9(13)15-4/h6-7H,5H2,1-4H3,(H,11,12)/t7-/m1/s1. The third kappa shape index (κ3) is 4.29. The van der Waals surface area contributed by atoms with Gasteiger partial charge in [-0.25, -0.2) is 9.59 Å². The lowest BCUT2D eigenvalue weighted by molar-refractivity contribution is -0.156. The van der Waals surface area contributed by atoms with Crippen molar-refractivity contribution in [1.82, 2.24) is 5.32 Å². The molecule has 0 heterocycles. The number of carbonyl (C=O) groups excluding carboxylic acids is 3. The van der Waals surface area contributed by atoms with E-state index < -0.39 is 23.9 Å². The molecule has 0 aromatic carbocycles. The molecule has 6 heteroatoms. The molecule has 0 radical (unpaired) electrons. The molecule has 0 spiro atoms. The van der Waals surface area contributed by atoms with Crippen LogP contribution in [0.5, 0.6) is 0 Å². The second-order valence-electron chi connectivity index (χ2n) is 3.44. The van der Waals surface area contributed by atoms with Crippen LogP contribution in [0, 0.1) is 5.92 Å². The highest BCUT2D eigenvalue weighted by Gasteiger charge is 2.27. The Kier molecular flexibility index (Phi) is 6.14. The Morgan fingerprint density at radius 3 is 2.19 bits per heavy atom. The molecule has 0 aliphatic rings. The van der Waals surface area contributed by atoms with Gasteiger partial charge in [0.05, 0.1) is 13.7 Å². The van der Waals surface area contributed by atoms with Gasteiger partial charge in [-0.3, -0.25) is 4.79 Å². The van der Waals surface area contributed by atoms with Crippen molar-refractivity contribution < 1.29 is 23.9 Å². The van der Waals surface area contributed by atoms with Gasteiger partial charge in [-0.15, -0.1) is 0 Å². The molecule has 0 fully saturated rings. The summed E-state index contributed by atoms with van der Waals surface area (Å²) in [6.45, 7) is 5.16. The summed E-state index contributed by atoms with van der Waals surface area (Å²) in [5.74, 6) is -2.71. The summed E-state index contributed by atoms with van der Waals surface area (Å²) in [6, 6.07) is -0.845. The van der Waals surface area contributed by atoms with Gasteiger partial charge in [0, 0.05) is 0 Å². The topological polar surface area (TPSA) is 81.7 Å². The molecule has 1 atom stereocenters. The molecule has 1 N–H and O–H groups in total. The van der Waals surface area contributed by atoms with E-state index in [0.717, 1.165) is 0 Å². The van der Waals surface area contributed by atoms with Gasteiger partial charge < -0.3 is 14.8 Å². The third-order valence-electron chi connectivity index (χ3n) is 1.87. The molecule has 0 aliphatic heterocycles. The van der Waals surface area contributed by atoms with E-state index in [0.29, 0.717) is 0 Å². The van der Waals surface area contributed by atoms with E-state index in [2.05, 4.69) is 14.8 Å². The molecule has 0 aliphatic carbocycles. The highest BCUT2D eigenvalue weighted by molar-refractivity contribution is 6.32. The summed E-state index contributed by atoms with van der Waals surface area (Å²) in [5, 5.41) is 2.26. The summed E-state index contributed by atoms with van der Waals surface area (Å²) in [4.78, 5) is 33.6. The van der Waals surface area contributed by atoms with E-state index in [-0.39, 0.29) is 12.5 Å². The zero-order valence-corrected chi connectivity index (χ0v) is 9.90. The van der Waals surface area contributed by atoms with Crippen LogP contribution in [0.25, 0.3) is 0 Å². The van der Waals surface area contributed by atoms with Crippen molar-refractivity contribution in [3.05, 3.63) is 0 Å². The molecule has 0 aromatic heterocycles. The van der Waals surface area contributed by atoms with E-state index in [1.165, 1.54) is 7.11 Å². The molecular weight excluding hydrogens is 214 g/mol. The van der Waals surface area contributed by atoms with Crippen LogP contribution >= 0.6 is 0 Å². The zero-order chi connectivity index (χ0) is 12.7. The van der Waals surface area contributed by atoms with E-state index in [1.54, 1.807) is 20.8 Å². The molecule has 6 nitrogen and oxygen atoms in total. The first-order valence-electron chi connectivity index (χ1n) is 4.99. The average molecular weight is 231 g/mol.